The van der Waals surface area contributed by atoms with E-state index in [4.69, 9.17) is 0 Å². The van der Waals surface area contributed by atoms with Gasteiger partial charge in [0.25, 0.3) is 5.91 Å². The number of hydrogen-bond acceptors (Lipinski definition) is 4. The molecule has 0 aliphatic carbocycles. The summed E-state index contributed by atoms with van der Waals surface area (Å²) in [6.45, 7) is 1.60. The Hall–Kier alpha value is -2.59. The van der Waals surface area contributed by atoms with Crippen LogP contribution in [-0.2, 0) is 10.0 Å². The first-order valence-electron chi connectivity index (χ1n) is 7.03. The molecule has 0 atom stereocenters. The second-order valence-electron chi connectivity index (χ2n) is 5.37. The quantitative estimate of drug-likeness (QED) is 0.707. The highest BCUT2D eigenvalue weighted by Crippen LogP contribution is 2.28. The van der Waals surface area contributed by atoms with E-state index in [2.05, 4.69) is 15.4 Å². The highest BCUT2D eigenvalue weighted by molar-refractivity contribution is 7.89. The van der Waals surface area contributed by atoms with E-state index in [1.807, 2.05) is 0 Å². The maximum Gasteiger partial charge on any atom is 0.255 e. The van der Waals surface area contributed by atoms with E-state index in [9.17, 15) is 26.4 Å². The van der Waals surface area contributed by atoms with Gasteiger partial charge in [-0.1, -0.05) is 0 Å². The molecule has 25 heavy (non-hydrogen) atoms. The topological polar surface area (TPSA) is 87.3 Å². The number of carbonyl (C=O) groups is 1. The molecule has 132 valence electrons. The first kappa shape index (κ1) is 17.2. The summed E-state index contributed by atoms with van der Waals surface area (Å²) in [7, 11) is -3.77. The maximum absolute atomic E-state index is 13.2. The lowest BCUT2D eigenvalue weighted by Crippen LogP contribution is -2.35. The monoisotopic (exact) mass is 371 g/mol. The van der Waals surface area contributed by atoms with E-state index < -0.39 is 33.4 Å². The Morgan fingerprint density at radius 2 is 1.76 bits per heavy atom. The van der Waals surface area contributed by atoms with Crippen LogP contribution in [-0.4, -0.2) is 21.0 Å². The molecule has 3 N–H and O–H groups in total. The van der Waals surface area contributed by atoms with Crippen LogP contribution >= 0.6 is 0 Å². The van der Waals surface area contributed by atoms with Crippen LogP contribution in [0.2, 0.25) is 0 Å². The van der Waals surface area contributed by atoms with E-state index in [0.717, 1.165) is 6.07 Å². The molecule has 2 aromatic carbocycles. The van der Waals surface area contributed by atoms with Crippen LogP contribution in [0.15, 0.2) is 29.2 Å². The number of hydrogen-bond donors (Lipinski definition) is 3. The molecule has 1 aliphatic rings. The molecule has 3 rings (SSSR count). The zero-order chi connectivity index (χ0) is 18.4. The van der Waals surface area contributed by atoms with Crippen molar-refractivity contribution in [2.24, 2.45) is 0 Å². The summed E-state index contributed by atoms with van der Waals surface area (Å²) in [6, 6.07) is 3.90. The van der Waals surface area contributed by atoms with Crippen LogP contribution in [0.1, 0.15) is 15.9 Å². The highest BCUT2D eigenvalue weighted by atomic mass is 32.2. The Balaban J connectivity index is 1.98. The Morgan fingerprint density at radius 3 is 2.40 bits per heavy atom. The fraction of sp³-hybridized carbons (Fsp3) is 0.133. The zero-order valence-electron chi connectivity index (χ0n) is 12.8. The Morgan fingerprint density at radius 1 is 1.12 bits per heavy atom. The number of halogens is 3. The number of aryl methyl sites for hydroxylation is 1. The minimum absolute atomic E-state index is 0.00188. The summed E-state index contributed by atoms with van der Waals surface area (Å²) < 4.78 is 65.7. The average molecular weight is 371 g/mol. The van der Waals surface area contributed by atoms with Crippen LogP contribution in [0.4, 0.5) is 24.5 Å². The molecule has 6 nitrogen and oxygen atoms in total. The highest BCUT2D eigenvalue weighted by Gasteiger charge is 2.25. The van der Waals surface area contributed by atoms with E-state index in [-0.39, 0.29) is 22.8 Å². The molecule has 0 spiro atoms. The largest absolute Gasteiger partial charge is 0.370 e. The van der Waals surface area contributed by atoms with E-state index in [1.54, 1.807) is 6.92 Å². The number of anilines is 2. The van der Waals surface area contributed by atoms with Gasteiger partial charge in [-0.2, -0.15) is 4.72 Å². The number of amides is 1. The van der Waals surface area contributed by atoms with E-state index >= 15 is 0 Å². The van der Waals surface area contributed by atoms with E-state index in [1.165, 1.54) is 6.07 Å². The van der Waals surface area contributed by atoms with Gasteiger partial charge < -0.3 is 10.6 Å². The van der Waals surface area contributed by atoms with Crippen molar-refractivity contribution in [2.45, 2.75) is 11.8 Å². The molecule has 0 saturated carbocycles. The first-order chi connectivity index (χ1) is 11.7. The summed E-state index contributed by atoms with van der Waals surface area (Å²) >= 11 is 0. The second kappa shape index (κ2) is 6.05. The third kappa shape index (κ3) is 3.17. The lowest BCUT2D eigenvalue weighted by molar-refractivity contribution is 0.102. The number of rotatable bonds is 2. The SMILES string of the molecule is Cc1cc2c(cc1C(=O)Nc1cc(F)c(F)c(F)c1)S(=O)(=O)NCN2. The molecule has 0 saturated heterocycles. The Labute approximate surface area is 141 Å². The molecular weight excluding hydrogens is 359 g/mol. The Bertz CT molecular complexity index is 970. The molecule has 0 radical (unpaired) electrons. The molecule has 0 unspecified atom stereocenters. The van der Waals surface area contributed by atoms with Gasteiger partial charge in [-0.3, -0.25) is 4.79 Å². The van der Waals surface area contributed by atoms with Gasteiger partial charge in [0.15, 0.2) is 17.5 Å². The van der Waals surface area contributed by atoms with Gasteiger partial charge >= 0.3 is 0 Å². The fourth-order valence-corrected chi connectivity index (χ4v) is 3.53. The molecule has 0 bridgehead atoms. The molecule has 2 aromatic rings. The minimum atomic E-state index is -3.77. The van der Waals surface area contributed by atoms with Gasteiger partial charge in [0.1, 0.15) is 4.90 Å². The number of nitrogens with one attached hydrogen (secondary N) is 3. The van der Waals surface area contributed by atoms with Crippen molar-refractivity contribution >= 4 is 27.3 Å². The molecule has 10 heteroatoms. The van der Waals surface area contributed by atoms with Gasteiger partial charge in [-0.05, 0) is 24.6 Å². The molecule has 1 aliphatic heterocycles. The number of carbonyl (C=O) groups excluding carboxylic acids is 1. The molecule has 0 fully saturated rings. The van der Waals surface area contributed by atoms with Gasteiger partial charge in [0.2, 0.25) is 10.0 Å². The minimum Gasteiger partial charge on any atom is -0.370 e. The second-order valence-corrected chi connectivity index (χ2v) is 7.11. The van der Waals surface area contributed by atoms with Gasteiger partial charge in [-0.25, -0.2) is 21.6 Å². The maximum atomic E-state index is 13.2. The summed E-state index contributed by atoms with van der Waals surface area (Å²) in [5.41, 5.74) is 0.492. The van der Waals surface area contributed by atoms with Crippen LogP contribution in [0.5, 0.6) is 0 Å². The third-order valence-corrected chi connectivity index (χ3v) is 5.08. The smallest absolute Gasteiger partial charge is 0.255 e. The molecule has 1 heterocycles. The molecule has 0 aromatic heterocycles. The summed E-state index contributed by atoms with van der Waals surface area (Å²) in [5, 5.41) is 5.05. The number of benzene rings is 2. The first-order valence-corrected chi connectivity index (χ1v) is 8.51. The number of sulfonamides is 1. The lowest BCUT2D eigenvalue weighted by atomic mass is 10.1. The Kier molecular flexibility index (Phi) is 4.17. The van der Waals surface area contributed by atoms with Gasteiger partial charge in [0, 0.05) is 23.4 Å². The summed E-state index contributed by atoms with van der Waals surface area (Å²) in [4.78, 5) is 12.2. The summed E-state index contributed by atoms with van der Waals surface area (Å²) in [5.74, 6) is -5.33. The standard InChI is InChI=1S/C15H12F3N3O3S/c1-7-2-12-13(25(23,24)20-6-19-12)5-9(7)15(22)21-8-3-10(16)14(18)11(17)4-8/h2-5,19-20H,6H2,1H3,(H,21,22). The van der Waals surface area contributed by atoms with Crippen molar-refractivity contribution in [1.82, 2.24) is 4.72 Å². The van der Waals surface area contributed by atoms with E-state index in [0.29, 0.717) is 23.4 Å². The molecule has 1 amide bonds. The van der Waals surface area contributed by atoms with Gasteiger partial charge in [-0.15, -0.1) is 0 Å². The van der Waals surface area contributed by atoms with Crippen molar-refractivity contribution in [3.63, 3.8) is 0 Å². The number of fused-ring (bicyclic) bond motifs is 1. The van der Waals surface area contributed by atoms with Gasteiger partial charge in [0.05, 0.1) is 12.4 Å². The third-order valence-electron chi connectivity index (χ3n) is 3.64. The van der Waals surface area contributed by atoms with Crippen molar-refractivity contribution < 1.29 is 26.4 Å². The predicted molar refractivity (Wildman–Crippen MR) is 84.3 cm³/mol. The van der Waals surface area contributed by atoms with Crippen molar-refractivity contribution in [1.29, 1.82) is 0 Å². The fourth-order valence-electron chi connectivity index (χ4n) is 2.42. The summed E-state index contributed by atoms with van der Waals surface area (Å²) in [6.07, 6.45) is 0. The van der Waals surface area contributed by atoms with Crippen molar-refractivity contribution in [3.05, 3.63) is 52.8 Å². The normalized spacial score (nSPS) is 15.2. The predicted octanol–water partition coefficient (Wildman–Crippen LogP) is 2.33. The van der Waals surface area contributed by atoms with Crippen molar-refractivity contribution in [3.8, 4) is 0 Å². The van der Waals surface area contributed by atoms with Crippen LogP contribution in [0.3, 0.4) is 0 Å². The van der Waals surface area contributed by atoms with Crippen LogP contribution in [0, 0.1) is 24.4 Å². The van der Waals surface area contributed by atoms with Crippen LogP contribution < -0.4 is 15.4 Å². The average Bonchev–Trinajstić information content (AvgIpc) is 2.51. The zero-order valence-corrected chi connectivity index (χ0v) is 13.6. The molecular formula is C15H12F3N3O3S. The lowest BCUT2D eigenvalue weighted by Gasteiger charge is -2.21. The van der Waals surface area contributed by atoms with Crippen molar-refractivity contribution in [2.75, 3.05) is 17.3 Å². The van der Waals surface area contributed by atoms with Crippen LogP contribution in [0.25, 0.3) is 0 Å².